The van der Waals surface area contributed by atoms with E-state index in [-0.39, 0.29) is 17.6 Å². The summed E-state index contributed by atoms with van der Waals surface area (Å²) in [5.41, 5.74) is 0.777. The van der Waals surface area contributed by atoms with E-state index in [1.165, 1.54) is 0 Å². The third-order valence-electron chi connectivity index (χ3n) is 11.7. The minimum absolute atomic E-state index is 0.000752. The largest absolute Gasteiger partial charge is 0.393 e. The van der Waals surface area contributed by atoms with E-state index in [0.717, 1.165) is 35.2 Å². The second-order valence-corrected chi connectivity index (χ2v) is 13.4. The lowest BCUT2D eigenvalue weighted by atomic mass is 9.41. The summed E-state index contributed by atoms with van der Waals surface area (Å²) >= 11 is 0. The Hall–Kier alpha value is -2.98. The first-order valence-corrected chi connectivity index (χ1v) is 14.6. The Morgan fingerprint density at radius 1 is 1.17 bits per heavy atom. The van der Waals surface area contributed by atoms with E-state index >= 15 is 0 Å². The van der Waals surface area contributed by atoms with Crippen molar-refractivity contribution in [1.29, 1.82) is 0 Å². The van der Waals surface area contributed by atoms with Crippen LogP contribution in [0.25, 0.3) is 0 Å². The van der Waals surface area contributed by atoms with E-state index in [2.05, 4.69) is 36.2 Å². The molecule has 9 nitrogen and oxygen atoms in total. The highest BCUT2D eigenvalue weighted by molar-refractivity contribution is 6.01. The molecule has 2 heterocycles. The van der Waals surface area contributed by atoms with Gasteiger partial charge in [-0.3, -0.25) is 14.7 Å². The van der Waals surface area contributed by atoms with Crippen molar-refractivity contribution in [2.24, 2.45) is 28.1 Å². The number of hydrogen-bond acceptors (Lipinski definition) is 8. The van der Waals surface area contributed by atoms with Crippen LogP contribution in [0, 0.1) is 28.1 Å². The van der Waals surface area contributed by atoms with Gasteiger partial charge in [0.1, 0.15) is 6.61 Å². The highest BCUT2D eigenvalue weighted by Crippen LogP contribution is 2.75. The number of nitrogens with one attached hydrogen (secondary N) is 1. The Bertz CT molecular complexity index is 1450. The van der Waals surface area contributed by atoms with Crippen molar-refractivity contribution in [3.8, 4) is 0 Å². The minimum atomic E-state index is -1.39. The molecule has 0 amide bonds. The van der Waals surface area contributed by atoms with E-state index in [0.29, 0.717) is 19.3 Å². The van der Waals surface area contributed by atoms with E-state index in [4.69, 9.17) is 9.47 Å². The van der Waals surface area contributed by atoms with Gasteiger partial charge in [0, 0.05) is 34.9 Å². The molecule has 0 spiro atoms. The van der Waals surface area contributed by atoms with Gasteiger partial charge in [0.2, 0.25) is 0 Å². The van der Waals surface area contributed by atoms with Gasteiger partial charge >= 0.3 is 0 Å². The molecule has 1 aromatic carbocycles. The molecule has 0 bridgehead atoms. The summed E-state index contributed by atoms with van der Waals surface area (Å²) in [6, 6.07) is 7.86. The summed E-state index contributed by atoms with van der Waals surface area (Å²) in [7, 11) is 0. The molecule has 9 atom stereocenters. The predicted octanol–water partition coefficient (Wildman–Crippen LogP) is 3.39. The number of nitrogens with zero attached hydrogens (tertiary/aromatic N) is 2. The normalized spacial score (nSPS) is 42.7. The number of allylic oxidation sites excluding steroid dienone is 4. The van der Waals surface area contributed by atoms with Crippen LogP contribution in [0.4, 0.5) is 0 Å². The number of aliphatic hydroxyl groups is 2. The molecule has 1 aromatic heterocycles. The molecule has 0 unspecified atom stereocenters. The van der Waals surface area contributed by atoms with Crippen LogP contribution in [0.15, 0.2) is 54.3 Å². The van der Waals surface area contributed by atoms with E-state index < -0.39 is 52.7 Å². The number of carbonyl (C=O) groups is 2. The molecule has 216 valence electrons. The summed E-state index contributed by atoms with van der Waals surface area (Å²) in [4.78, 5) is 26.0. The number of ketones is 2. The number of H-pyrrole nitrogens is 1. The molecular weight excluding hydrogens is 522 g/mol. The van der Waals surface area contributed by atoms with Crippen LogP contribution in [0.2, 0.25) is 0 Å². The Morgan fingerprint density at radius 2 is 1.95 bits per heavy atom. The van der Waals surface area contributed by atoms with Crippen LogP contribution < -0.4 is 0 Å². The maximum absolute atomic E-state index is 13.8. The standard InChI is InChI=1S/C32H37N3O6/c1-29-11-10-22(37)13-20(29)8-9-23-27(29)24(38)14-31(3)30(23,2)15-26-32(31,25(39)17-36)41-28(40-26)19-6-4-18(5-7-19)12-21-16-33-35-34-21/h4-7,10-11,13,16,23-24,26-28,36,38H,8-9,12,14-15,17H2,1-3H3,(H,33,34,35)/t23-,24+,26-,27-,28-,29+,30+,31+,32-/m1/s1. The van der Waals surface area contributed by atoms with Crippen LogP contribution in [-0.2, 0) is 25.5 Å². The number of rotatable bonds is 5. The van der Waals surface area contributed by atoms with Gasteiger partial charge in [-0.2, -0.15) is 0 Å². The maximum atomic E-state index is 13.8. The first-order chi connectivity index (χ1) is 19.6. The molecule has 3 N–H and O–H groups in total. The van der Waals surface area contributed by atoms with E-state index in [9.17, 15) is 19.8 Å². The fourth-order valence-electron chi connectivity index (χ4n) is 9.55. The zero-order valence-electron chi connectivity index (χ0n) is 23.7. The number of aliphatic hydroxyl groups excluding tert-OH is 2. The van der Waals surface area contributed by atoms with Gasteiger partial charge in [-0.1, -0.05) is 61.9 Å². The van der Waals surface area contributed by atoms with Crippen LogP contribution in [0.1, 0.15) is 69.6 Å². The van der Waals surface area contributed by atoms with Gasteiger partial charge in [0.05, 0.1) is 17.9 Å². The molecule has 4 aliphatic carbocycles. The lowest BCUT2D eigenvalue weighted by molar-refractivity contribution is -0.225. The fourth-order valence-corrected chi connectivity index (χ4v) is 9.55. The molecule has 5 aliphatic rings. The van der Waals surface area contributed by atoms with Crippen molar-refractivity contribution in [1.82, 2.24) is 15.4 Å². The quantitative estimate of drug-likeness (QED) is 0.508. The van der Waals surface area contributed by atoms with Gasteiger partial charge < -0.3 is 19.7 Å². The van der Waals surface area contributed by atoms with Gasteiger partial charge in [-0.25, -0.2) is 0 Å². The third-order valence-corrected chi connectivity index (χ3v) is 11.7. The Labute approximate surface area is 239 Å². The second kappa shape index (κ2) is 9.01. The van der Waals surface area contributed by atoms with Crippen LogP contribution >= 0.6 is 0 Å². The lowest BCUT2D eigenvalue weighted by Gasteiger charge is -2.64. The Balaban J connectivity index is 1.23. The monoisotopic (exact) mass is 559 g/mol. The summed E-state index contributed by atoms with van der Waals surface area (Å²) < 4.78 is 13.3. The van der Waals surface area contributed by atoms with Crippen LogP contribution in [-0.4, -0.2) is 61.6 Å². The molecule has 41 heavy (non-hydrogen) atoms. The lowest BCUT2D eigenvalue weighted by Crippen LogP contribution is -2.66. The molecule has 2 aromatic rings. The summed E-state index contributed by atoms with van der Waals surface area (Å²) in [6.45, 7) is 5.75. The highest BCUT2D eigenvalue weighted by Gasteiger charge is 2.80. The number of aromatic amines is 1. The van der Waals surface area contributed by atoms with Crippen molar-refractivity contribution < 1.29 is 29.3 Å². The number of Topliss-reactive ketones (excluding diaryl/α,β-unsaturated/α-hetero) is 1. The van der Waals surface area contributed by atoms with Gasteiger partial charge in [0.15, 0.2) is 23.5 Å². The summed E-state index contributed by atoms with van der Waals surface area (Å²) in [5, 5.41) is 32.7. The van der Waals surface area contributed by atoms with Gasteiger partial charge in [-0.15, -0.1) is 5.10 Å². The molecule has 1 aliphatic heterocycles. The molecule has 7 rings (SSSR count). The number of carbonyl (C=O) groups excluding carboxylic acids is 2. The van der Waals surface area contributed by atoms with Crippen molar-refractivity contribution in [2.75, 3.05) is 6.61 Å². The molecule has 0 radical (unpaired) electrons. The van der Waals surface area contributed by atoms with Crippen molar-refractivity contribution in [3.63, 3.8) is 0 Å². The van der Waals surface area contributed by atoms with Crippen molar-refractivity contribution in [3.05, 3.63) is 71.1 Å². The van der Waals surface area contributed by atoms with Gasteiger partial charge in [-0.05, 0) is 54.7 Å². The average molecular weight is 560 g/mol. The molecule has 3 saturated carbocycles. The molecular formula is C32H37N3O6. The molecule has 9 heteroatoms. The maximum Gasteiger partial charge on any atom is 0.193 e. The third kappa shape index (κ3) is 3.49. The van der Waals surface area contributed by atoms with Crippen LogP contribution in [0.5, 0.6) is 0 Å². The molecule has 4 fully saturated rings. The summed E-state index contributed by atoms with van der Waals surface area (Å²) in [5.74, 6) is -0.417. The number of aromatic nitrogens is 3. The zero-order chi connectivity index (χ0) is 28.8. The minimum Gasteiger partial charge on any atom is -0.393 e. The second-order valence-electron chi connectivity index (χ2n) is 13.4. The topological polar surface area (TPSA) is 135 Å². The number of hydrogen-bond donors (Lipinski definition) is 3. The predicted molar refractivity (Wildman–Crippen MR) is 147 cm³/mol. The summed E-state index contributed by atoms with van der Waals surface area (Å²) in [6.07, 6.45) is 8.20. The Kier molecular flexibility index (Phi) is 5.91. The number of fused-ring (bicyclic) bond motifs is 7. The zero-order valence-corrected chi connectivity index (χ0v) is 23.7. The van der Waals surface area contributed by atoms with Crippen molar-refractivity contribution in [2.45, 2.75) is 77.0 Å². The Morgan fingerprint density at radius 3 is 2.66 bits per heavy atom. The average Bonchev–Trinajstić information content (AvgIpc) is 3.64. The molecule has 1 saturated heterocycles. The van der Waals surface area contributed by atoms with E-state index in [1.54, 1.807) is 18.3 Å². The number of benzene rings is 1. The smallest absolute Gasteiger partial charge is 0.193 e. The first kappa shape index (κ1) is 26.9. The first-order valence-electron chi connectivity index (χ1n) is 14.6. The SMILES string of the molecule is C[C@]12C[C@H](O)[C@H]3[C@@H](CCC4=CC(=O)C=C[C@@]43C)[C@]1(C)C[C@H]1O[C@@H](c3ccc(Cc4c[nH]nn4)cc3)O[C@]12C(=O)CO. The van der Waals surface area contributed by atoms with Crippen molar-refractivity contribution >= 4 is 11.6 Å². The van der Waals surface area contributed by atoms with Gasteiger partial charge in [0.25, 0.3) is 0 Å². The van der Waals surface area contributed by atoms with E-state index in [1.807, 2.05) is 30.3 Å². The number of ether oxygens (including phenoxy) is 2. The fraction of sp³-hybridized carbons (Fsp3) is 0.562. The highest BCUT2D eigenvalue weighted by atomic mass is 16.7. The van der Waals surface area contributed by atoms with Crippen LogP contribution in [0.3, 0.4) is 0 Å².